The van der Waals surface area contributed by atoms with Crippen LogP contribution in [0.15, 0.2) is 12.4 Å². The van der Waals surface area contributed by atoms with Gasteiger partial charge in [0.2, 0.25) is 5.95 Å². The average Bonchev–Trinajstić information content (AvgIpc) is 2.61. The Bertz CT molecular complexity index is 320. The highest BCUT2D eigenvalue weighted by Crippen LogP contribution is 2.23. The van der Waals surface area contributed by atoms with Crippen LogP contribution in [0, 0.1) is 0 Å². The largest absolute Gasteiger partial charge is 0.327 e. The third kappa shape index (κ3) is 1.21. The zero-order valence-corrected chi connectivity index (χ0v) is 8.32. The van der Waals surface area contributed by atoms with Crippen molar-refractivity contribution in [3.63, 3.8) is 0 Å². The Hall–Kier alpha value is -1.03. The molecular formula is C10H16N4. The fraction of sp³-hybridized carbons (Fsp3) is 0.700. The van der Waals surface area contributed by atoms with Gasteiger partial charge in [0.25, 0.3) is 0 Å². The summed E-state index contributed by atoms with van der Waals surface area (Å²) in [5, 5.41) is 3.58. The van der Waals surface area contributed by atoms with Crippen molar-refractivity contribution in [3.05, 3.63) is 12.4 Å². The van der Waals surface area contributed by atoms with Gasteiger partial charge in [0, 0.05) is 32.0 Å². The van der Waals surface area contributed by atoms with E-state index < -0.39 is 0 Å². The number of aromatic nitrogens is 2. The van der Waals surface area contributed by atoms with Gasteiger partial charge in [-0.15, -0.1) is 0 Å². The number of nitrogens with one attached hydrogen (secondary N) is 1. The molecule has 4 nitrogen and oxygen atoms in total. The highest BCUT2D eigenvalue weighted by Gasteiger charge is 2.26. The number of piperidine rings is 1. The van der Waals surface area contributed by atoms with E-state index in [0.29, 0.717) is 6.17 Å². The van der Waals surface area contributed by atoms with E-state index in [4.69, 9.17) is 0 Å². The van der Waals surface area contributed by atoms with Crippen molar-refractivity contribution in [2.24, 2.45) is 0 Å². The first-order chi connectivity index (χ1) is 6.95. The molecule has 1 N–H and O–H groups in total. The summed E-state index contributed by atoms with van der Waals surface area (Å²) in [4.78, 5) is 6.86. The molecule has 1 fully saturated rings. The maximum Gasteiger partial charge on any atom is 0.206 e. The normalized spacial score (nSPS) is 26.6. The van der Waals surface area contributed by atoms with Crippen LogP contribution >= 0.6 is 0 Å². The molecule has 2 aliphatic heterocycles. The minimum atomic E-state index is 0.521. The molecule has 1 aromatic rings. The van der Waals surface area contributed by atoms with Crippen molar-refractivity contribution in [1.82, 2.24) is 14.9 Å². The second-order valence-electron chi connectivity index (χ2n) is 4.08. The van der Waals surface area contributed by atoms with Gasteiger partial charge in [-0.2, -0.15) is 0 Å². The molecule has 14 heavy (non-hydrogen) atoms. The first-order valence-electron chi connectivity index (χ1n) is 5.46. The Morgan fingerprint density at radius 1 is 1.36 bits per heavy atom. The third-order valence-electron chi connectivity index (χ3n) is 3.19. The lowest BCUT2D eigenvalue weighted by molar-refractivity contribution is 0.402. The molecule has 1 unspecified atom stereocenters. The second kappa shape index (κ2) is 3.28. The fourth-order valence-electron chi connectivity index (χ4n) is 2.47. The summed E-state index contributed by atoms with van der Waals surface area (Å²) >= 11 is 0. The van der Waals surface area contributed by atoms with E-state index in [1.807, 2.05) is 6.20 Å². The molecule has 0 bridgehead atoms. The maximum atomic E-state index is 4.45. The van der Waals surface area contributed by atoms with Crippen LogP contribution in [0.5, 0.6) is 0 Å². The predicted molar refractivity (Wildman–Crippen MR) is 55.2 cm³/mol. The minimum absolute atomic E-state index is 0.521. The Morgan fingerprint density at radius 2 is 2.36 bits per heavy atom. The average molecular weight is 192 g/mol. The van der Waals surface area contributed by atoms with Crippen LogP contribution in [0.3, 0.4) is 0 Å². The van der Waals surface area contributed by atoms with Crippen LogP contribution < -0.4 is 10.2 Å². The molecule has 0 radical (unpaired) electrons. The van der Waals surface area contributed by atoms with E-state index >= 15 is 0 Å². The van der Waals surface area contributed by atoms with Gasteiger partial charge in [-0.25, -0.2) is 4.98 Å². The van der Waals surface area contributed by atoms with Crippen molar-refractivity contribution >= 4 is 5.95 Å². The number of imidazole rings is 1. The molecule has 3 rings (SSSR count). The lowest BCUT2D eigenvalue weighted by Crippen LogP contribution is -2.48. The minimum Gasteiger partial charge on any atom is -0.327 e. The van der Waals surface area contributed by atoms with Gasteiger partial charge in [-0.1, -0.05) is 0 Å². The van der Waals surface area contributed by atoms with Gasteiger partial charge in [0.1, 0.15) is 0 Å². The van der Waals surface area contributed by atoms with Gasteiger partial charge in [-0.05, 0) is 19.3 Å². The topological polar surface area (TPSA) is 33.1 Å². The zero-order chi connectivity index (χ0) is 9.38. The summed E-state index contributed by atoms with van der Waals surface area (Å²) in [5.41, 5.74) is 0. The number of hydrogen-bond acceptors (Lipinski definition) is 3. The van der Waals surface area contributed by atoms with Crippen LogP contribution in [0.4, 0.5) is 5.95 Å². The molecule has 0 aromatic carbocycles. The summed E-state index contributed by atoms with van der Waals surface area (Å²) in [6.45, 7) is 3.25. The highest BCUT2D eigenvalue weighted by molar-refractivity contribution is 5.34. The van der Waals surface area contributed by atoms with Crippen molar-refractivity contribution < 1.29 is 0 Å². The number of rotatable bonds is 0. The van der Waals surface area contributed by atoms with E-state index in [-0.39, 0.29) is 0 Å². The van der Waals surface area contributed by atoms with Crippen LogP contribution in [0.2, 0.25) is 0 Å². The van der Waals surface area contributed by atoms with Crippen LogP contribution in [-0.2, 0) is 6.54 Å². The molecule has 76 valence electrons. The fourth-order valence-corrected chi connectivity index (χ4v) is 2.47. The van der Waals surface area contributed by atoms with E-state index in [0.717, 1.165) is 25.6 Å². The summed E-state index contributed by atoms with van der Waals surface area (Å²) in [7, 11) is 0. The molecule has 3 heterocycles. The van der Waals surface area contributed by atoms with E-state index in [1.54, 1.807) is 0 Å². The van der Waals surface area contributed by atoms with Gasteiger partial charge in [0.05, 0.1) is 6.17 Å². The Labute approximate surface area is 83.9 Å². The van der Waals surface area contributed by atoms with Crippen molar-refractivity contribution in [2.45, 2.75) is 32.0 Å². The molecular weight excluding hydrogens is 176 g/mol. The Morgan fingerprint density at radius 3 is 3.36 bits per heavy atom. The summed E-state index contributed by atoms with van der Waals surface area (Å²) in [5.74, 6) is 1.15. The maximum absolute atomic E-state index is 4.45. The summed E-state index contributed by atoms with van der Waals surface area (Å²) in [6, 6.07) is 0. The summed E-state index contributed by atoms with van der Waals surface area (Å²) < 4.78 is 2.25. The molecule has 0 aliphatic carbocycles. The van der Waals surface area contributed by atoms with Crippen molar-refractivity contribution in [1.29, 1.82) is 0 Å². The van der Waals surface area contributed by atoms with Gasteiger partial charge in [-0.3, -0.25) is 5.32 Å². The number of hydrogen-bond donors (Lipinski definition) is 1. The van der Waals surface area contributed by atoms with E-state index in [2.05, 4.69) is 26.0 Å². The lowest BCUT2D eigenvalue weighted by Gasteiger charge is -2.34. The van der Waals surface area contributed by atoms with Gasteiger partial charge >= 0.3 is 0 Å². The molecule has 4 heteroatoms. The molecule has 1 atom stereocenters. The molecule has 0 spiro atoms. The van der Waals surface area contributed by atoms with E-state index in [9.17, 15) is 0 Å². The van der Waals surface area contributed by atoms with E-state index in [1.165, 1.54) is 19.3 Å². The SMILES string of the molecule is c1cn2c(n1)N1CCCCC1NCC2. The van der Waals surface area contributed by atoms with Gasteiger partial charge < -0.3 is 9.47 Å². The number of anilines is 1. The van der Waals surface area contributed by atoms with Crippen LogP contribution in [0.1, 0.15) is 19.3 Å². The molecule has 1 saturated heterocycles. The standard InChI is InChI=1S/C10H16N4/c1-2-6-14-9(3-1)11-4-7-13-8-5-12-10(13)14/h5,8-9,11H,1-4,6-7H2. The Kier molecular flexibility index (Phi) is 1.94. The van der Waals surface area contributed by atoms with Crippen LogP contribution in [0.25, 0.3) is 0 Å². The van der Waals surface area contributed by atoms with Crippen molar-refractivity contribution in [3.8, 4) is 0 Å². The Balaban J connectivity index is 1.96. The van der Waals surface area contributed by atoms with Crippen molar-refractivity contribution in [2.75, 3.05) is 18.0 Å². The third-order valence-corrected chi connectivity index (χ3v) is 3.19. The number of nitrogens with zero attached hydrogens (tertiary/aromatic N) is 3. The first-order valence-corrected chi connectivity index (χ1v) is 5.46. The predicted octanol–water partition coefficient (Wildman–Crippen LogP) is 0.803. The zero-order valence-electron chi connectivity index (χ0n) is 8.32. The quantitative estimate of drug-likeness (QED) is 0.660. The molecule has 1 aromatic heterocycles. The molecule has 0 amide bonds. The van der Waals surface area contributed by atoms with Crippen LogP contribution in [-0.4, -0.2) is 28.8 Å². The second-order valence-corrected chi connectivity index (χ2v) is 4.08. The highest BCUT2D eigenvalue weighted by atomic mass is 15.4. The van der Waals surface area contributed by atoms with Gasteiger partial charge in [0.15, 0.2) is 0 Å². The summed E-state index contributed by atoms with van der Waals surface area (Å²) in [6.07, 6.45) is 8.40. The smallest absolute Gasteiger partial charge is 0.206 e. The molecule has 0 saturated carbocycles. The monoisotopic (exact) mass is 192 g/mol. The molecule has 2 aliphatic rings. The first kappa shape index (κ1) is 8.29. The lowest BCUT2D eigenvalue weighted by atomic mass is 10.1. The number of fused-ring (bicyclic) bond motifs is 3.